The van der Waals surface area contributed by atoms with Crippen LogP contribution in [-0.2, 0) is 0 Å². The van der Waals surface area contributed by atoms with Crippen LogP contribution in [0.15, 0.2) is 36.7 Å². The number of rotatable bonds is 1. The van der Waals surface area contributed by atoms with Gasteiger partial charge in [-0.2, -0.15) is 0 Å². The first-order chi connectivity index (χ1) is 7.18. The van der Waals surface area contributed by atoms with Crippen molar-refractivity contribution in [2.45, 2.75) is 0 Å². The summed E-state index contributed by atoms with van der Waals surface area (Å²) < 4.78 is 0. The number of nitrogens with zero attached hydrogens (tertiary/aromatic N) is 1. The zero-order chi connectivity index (χ0) is 10.8. The summed E-state index contributed by atoms with van der Waals surface area (Å²) in [6.45, 7) is 0. The summed E-state index contributed by atoms with van der Waals surface area (Å²) >= 11 is 17.9. The van der Waals surface area contributed by atoms with Crippen molar-refractivity contribution in [1.82, 2.24) is 4.98 Å². The van der Waals surface area contributed by atoms with Crippen LogP contribution in [0.5, 0.6) is 0 Å². The highest BCUT2D eigenvalue weighted by Gasteiger charge is 2.07. The zero-order valence-electron chi connectivity index (χ0n) is 7.55. The lowest BCUT2D eigenvalue weighted by molar-refractivity contribution is 1.33. The largest absolute Gasteiger partial charge is 0.263 e. The molecule has 1 aromatic carbocycles. The van der Waals surface area contributed by atoms with E-state index in [-0.39, 0.29) is 0 Å². The van der Waals surface area contributed by atoms with Gasteiger partial charge in [-0.3, -0.25) is 4.98 Å². The highest BCUT2D eigenvalue weighted by molar-refractivity contribution is 6.38. The molecule has 1 nitrogen and oxygen atoms in total. The number of hydrogen-bond donors (Lipinski definition) is 0. The van der Waals surface area contributed by atoms with Gasteiger partial charge < -0.3 is 0 Å². The average molecular weight is 259 g/mol. The van der Waals surface area contributed by atoms with Crippen molar-refractivity contribution >= 4 is 34.8 Å². The normalized spacial score (nSPS) is 10.3. The minimum absolute atomic E-state index is 0.571. The van der Waals surface area contributed by atoms with Crippen LogP contribution in [0.2, 0.25) is 15.1 Å². The van der Waals surface area contributed by atoms with Crippen LogP contribution in [-0.4, -0.2) is 4.98 Å². The smallest absolute Gasteiger partial charge is 0.0668 e. The molecule has 0 spiro atoms. The Morgan fingerprint density at radius 1 is 0.867 bits per heavy atom. The molecule has 0 fully saturated rings. The summed E-state index contributed by atoms with van der Waals surface area (Å²) in [5, 5.41) is 1.76. The Morgan fingerprint density at radius 2 is 1.60 bits per heavy atom. The molecule has 0 aliphatic carbocycles. The summed E-state index contributed by atoms with van der Waals surface area (Å²) in [6.07, 6.45) is 3.26. The minimum atomic E-state index is 0.571. The molecule has 0 radical (unpaired) electrons. The second kappa shape index (κ2) is 4.40. The topological polar surface area (TPSA) is 12.9 Å². The highest BCUT2D eigenvalue weighted by Crippen LogP contribution is 2.33. The van der Waals surface area contributed by atoms with Crippen LogP contribution in [0.1, 0.15) is 0 Å². The lowest BCUT2D eigenvalue weighted by Gasteiger charge is -2.06. The van der Waals surface area contributed by atoms with E-state index < -0.39 is 0 Å². The van der Waals surface area contributed by atoms with Crippen LogP contribution in [0.3, 0.4) is 0 Å². The molecular formula is C11H6Cl3N. The lowest BCUT2D eigenvalue weighted by atomic mass is 10.1. The van der Waals surface area contributed by atoms with E-state index in [1.165, 1.54) is 0 Å². The number of halogens is 3. The maximum Gasteiger partial charge on any atom is 0.0668 e. The monoisotopic (exact) mass is 257 g/mol. The van der Waals surface area contributed by atoms with Gasteiger partial charge in [0.1, 0.15) is 0 Å². The molecule has 0 aliphatic rings. The Hall–Kier alpha value is -0.760. The molecule has 0 aliphatic heterocycles. The zero-order valence-corrected chi connectivity index (χ0v) is 9.81. The molecule has 2 rings (SSSR count). The van der Waals surface area contributed by atoms with Gasteiger partial charge in [-0.15, -0.1) is 0 Å². The quantitative estimate of drug-likeness (QED) is 0.722. The second-order valence-corrected chi connectivity index (χ2v) is 4.23. The summed E-state index contributed by atoms with van der Waals surface area (Å²) in [4.78, 5) is 3.92. The fourth-order valence-corrected chi connectivity index (χ4v) is 2.03. The van der Waals surface area contributed by atoms with E-state index in [1.54, 1.807) is 24.5 Å². The Bertz CT molecular complexity index is 497. The fourth-order valence-electron chi connectivity index (χ4n) is 1.30. The van der Waals surface area contributed by atoms with Crippen LogP contribution >= 0.6 is 34.8 Å². The summed E-state index contributed by atoms with van der Waals surface area (Å²) in [5.74, 6) is 0. The summed E-state index contributed by atoms with van der Waals surface area (Å²) in [6, 6.07) is 7.12. The van der Waals surface area contributed by atoms with Crippen LogP contribution in [0.4, 0.5) is 0 Å². The van der Waals surface area contributed by atoms with Gasteiger partial charge in [0, 0.05) is 33.6 Å². The third-order valence-corrected chi connectivity index (χ3v) is 2.84. The number of pyridine rings is 1. The Balaban J connectivity index is 2.60. The van der Waals surface area contributed by atoms with Gasteiger partial charge in [-0.25, -0.2) is 0 Å². The molecule has 15 heavy (non-hydrogen) atoms. The summed E-state index contributed by atoms with van der Waals surface area (Å²) in [5.41, 5.74) is 1.71. The van der Waals surface area contributed by atoms with Crippen LogP contribution in [0.25, 0.3) is 11.1 Å². The van der Waals surface area contributed by atoms with E-state index in [2.05, 4.69) is 4.98 Å². The number of benzene rings is 1. The van der Waals surface area contributed by atoms with Gasteiger partial charge in [-0.1, -0.05) is 40.9 Å². The van der Waals surface area contributed by atoms with Gasteiger partial charge in [0.15, 0.2) is 0 Å². The Morgan fingerprint density at radius 3 is 2.27 bits per heavy atom. The first-order valence-electron chi connectivity index (χ1n) is 4.23. The van der Waals surface area contributed by atoms with Gasteiger partial charge in [0.25, 0.3) is 0 Å². The predicted molar refractivity (Wildman–Crippen MR) is 64.7 cm³/mol. The minimum Gasteiger partial charge on any atom is -0.263 e. The van der Waals surface area contributed by atoms with Crippen molar-refractivity contribution in [1.29, 1.82) is 0 Å². The van der Waals surface area contributed by atoms with E-state index in [0.29, 0.717) is 15.1 Å². The number of hydrogen-bond acceptors (Lipinski definition) is 1. The van der Waals surface area contributed by atoms with E-state index in [4.69, 9.17) is 34.8 Å². The van der Waals surface area contributed by atoms with E-state index >= 15 is 0 Å². The van der Waals surface area contributed by atoms with Crippen molar-refractivity contribution in [2.24, 2.45) is 0 Å². The van der Waals surface area contributed by atoms with Crippen LogP contribution in [0, 0.1) is 0 Å². The van der Waals surface area contributed by atoms with Crippen molar-refractivity contribution in [3.63, 3.8) is 0 Å². The second-order valence-electron chi connectivity index (χ2n) is 2.98. The van der Waals surface area contributed by atoms with Gasteiger partial charge >= 0.3 is 0 Å². The van der Waals surface area contributed by atoms with Crippen molar-refractivity contribution in [2.75, 3.05) is 0 Å². The molecule has 0 unspecified atom stereocenters. The molecule has 0 amide bonds. The fraction of sp³-hybridized carbons (Fsp3) is 0. The van der Waals surface area contributed by atoms with Crippen molar-refractivity contribution in [3.05, 3.63) is 51.7 Å². The first-order valence-corrected chi connectivity index (χ1v) is 5.37. The molecule has 0 N–H and O–H groups in total. The van der Waals surface area contributed by atoms with Gasteiger partial charge in [0.2, 0.25) is 0 Å². The maximum atomic E-state index is 6.07. The van der Waals surface area contributed by atoms with E-state index in [0.717, 1.165) is 11.1 Å². The molecule has 1 aromatic heterocycles. The van der Waals surface area contributed by atoms with E-state index in [9.17, 15) is 0 Å². The predicted octanol–water partition coefficient (Wildman–Crippen LogP) is 4.71. The Kier molecular flexibility index (Phi) is 3.15. The van der Waals surface area contributed by atoms with Crippen LogP contribution < -0.4 is 0 Å². The molecule has 0 bridgehead atoms. The maximum absolute atomic E-state index is 6.07. The first kappa shape index (κ1) is 10.7. The lowest BCUT2D eigenvalue weighted by Crippen LogP contribution is -1.82. The molecule has 2 aromatic rings. The van der Waals surface area contributed by atoms with E-state index in [1.807, 2.05) is 12.1 Å². The molecule has 4 heteroatoms. The van der Waals surface area contributed by atoms with Crippen molar-refractivity contribution < 1.29 is 0 Å². The summed E-state index contributed by atoms with van der Waals surface area (Å²) in [7, 11) is 0. The molecule has 0 atom stereocenters. The highest BCUT2D eigenvalue weighted by atomic mass is 35.5. The average Bonchev–Trinajstić information content (AvgIpc) is 2.20. The molecular weight excluding hydrogens is 252 g/mol. The molecule has 0 saturated heterocycles. The van der Waals surface area contributed by atoms with Gasteiger partial charge in [-0.05, 0) is 18.2 Å². The Labute approximate surface area is 103 Å². The SMILES string of the molecule is Clc1ccc(-c2ccncc2Cl)c(Cl)c1. The number of aromatic nitrogens is 1. The molecule has 76 valence electrons. The van der Waals surface area contributed by atoms with Crippen molar-refractivity contribution in [3.8, 4) is 11.1 Å². The molecule has 0 saturated carbocycles. The standard InChI is InChI=1S/C11H6Cl3N/c12-7-1-2-8(10(13)5-7)9-3-4-15-6-11(9)14/h1-6H. The molecule has 1 heterocycles. The van der Waals surface area contributed by atoms with Gasteiger partial charge in [0.05, 0.1) is 5.02 Å². The third kappa shape index (κ3) is 2.25. The third-order valence-electron chi connectivity index (χ3n) is 1.99.